The third kappa shape index (κ3) is 58.7. The van der Waals surface area contributed by atoms with E-state index >= 15 is 0 Å². The van der Waals surface area contributed by atoms with Crippen LogP contribution in [0.1, 0.15) is 355 Å². The minimum absolute atomic E-state index is 0.0724. The predicted molar refractivity (Wildman–Crippen MR) is 307 cm³/mol. The Morgan fingerprint density at radius 1 is 0.282 bits per heavy atom. The molecule has 0 bridgehead atoms. The number of rotatable bonds is 59. The highest BCUT2D eigenvalue weighted by molar-refractivity contribution is 5.71. The number of esters is 3. The molecule has 0 saturated carbocycles. The number of hydrogen-bond donors (Lipinski definition) is 0. The highest BCUT2D eigenvalue weighted by Crippen LogP contribution is 2.18. The lowest BCUT2D eigenvalue weighted by atomic mass is 10.0. The van der Waals surface area contributed by atoms with Crippen LogP contribution < -0.4 is 0 Å². The standard InChI is InChI=1S/C65H122O6/c1-4-7-10-13-16-18-20-22-24-25-26-27-28-29-30-31-32-33-34-35-36-37-38-39-41-42-44-46-49-52-55-58-64(67)70-61-62(60-69-63(66)57-54-51-48-15-12-9-6-3)71-65(68)59-56-53-50-47-45-43-40-23-21-19-17-14-11-8-5-2/h17,19,23,40,62H,4-16,18,20-22,24-39,41-61H2,1-3H3/b19-17-,40-23-. The van der Waals surface area contributed by atoms with Crippen molar-refractivity contribution in [3.05, 3.63) is 24.3 Å². The summed E-state index contributed by atoms with van der Waals surface area (Å²) in [6.07, 6.45) is 72.3. The molecule has 0 saturated heterocycles. The SMILES string of the molecule is CCCCC/C=C\C/C=C\CCCCCCCC(=O)OC(COC(=O)CCCCCCCCC)COC(=O)CCCCCCCCCCCCCCCCCCCCCCCCCCCCCCCCC. The van der Waals surface area contributed by atoms with Crippen LogP contribution in [0.4, 0.5) is 0 Å². The zero-order chi connectivity index (χ0) is 51.4. The monoisotopic (exact) mass is 999 g/mol. The van der Waals surface area contributed by atoms with Crippen molar-refractivity contribution in [3.8, 4) is 0 Å². The molecule has 0 N–H and O–H groups in total. The number of hydrogen-bond acceptors (Lipinski definition) is 6. The maximum absolute atomic E-state index is 12.8. The second-order valence-corrected chi connectivity index (χ2v) is 21.7. The van der Waals surface area contributed by atoms with E-state index in [0.717, 1.165) is 77.0 Å². The van der Waals surface area contributed by atoms with Crippen LogP contribution in [-0.4, -0.2) is 37.2 Å². The first-order chi connectivity index (χ1) is 35.0. The molecule has 71 heavy (non-hydrogen) atoms. The first-order valence-corrected chi connectivity index (χ1v) is 31.8. The molecule has 0 aliphatic carbocycles. The minimum atomic E-state index is -0.772. The molecule has 0 aliphatic rings. The summed E-state index contributed by atoms with van der Waals surface area (Å²) in [5.74, 6) is -0.874. The molecule has 1 unspecified atom stereocenters. The van der Waals surface area contributed by atoms with Crippen molar-refractivity contribution in [2.75, 3.05) is 13.2 Å². The van der Waals surface area contributed by atoms with E-state index in [-0.39, 0.29) is 31.1 Å². The Bertz CT molecular complexity index is 1150. The maximum atomic E-state index is 12.8. The molecular weight excluding hydrogens is 877 g/mol. The van der Waals surface area contributed by atoms with Crippen molar-refractivity contribution in [3.63, 3.8) is 0 Å². The van der Waals surface area contributed by atoms with E-state index in [9.17, 15) is 14.4 Å². The van der Waals surface area contributed by atoms with Crippen LogP contribution >= 0.6 is 0 Å². The zero-order valence-corrected chi connectivity index (χ0v) is 48.0. The number of ether oxygens (including phenoxy) is 3. The summed E-state index contributed by atoms with van der Waals surface area (Å²) in [4.78, 5) is 38.0. The Labute approximate surface area is 443 Å². The van der Waals surface area contributed by atoms with E-state index < -0.39 is 6.10 Å². The zero-order valence-electron chi connectivity index (χ0n) is 48.0. The molecule has 0 aromatic carbocycles. The van der Waals surface area contributed by atoms with Crippen molar-refractivity contribution in [2.24, 2.45) is 0 Å². The van der Waals surface area contributed by atoms with Gasteiger partial charge in [0.05, 0.1) is 0 Å². The number of carbonyl (C=O) groups excluding carboxylic acids is 3. The van der Waals surface area contributed by atoms with E-state index in [4.69, 9.17) is 14.2 Å². The normalized spacial score (nSPS) is 12.1. The largest absolute Gasteiger partial charge is 0.462 e. The fraction of sp³-hybridized carbons (Fsp3) is 0.892. The van der Waals surface area contributed by atoms with Crippen LogP contribution in [-0.2, 0) is 28.6 Å². The molecule has 0 amide bonds. The molecule has 0 heterocycles. The van der Waals surface area contributed by atoms with Gasteiger partial charge in [-0.05, 0) is 51.4 Å². The molecule has 0 fully saturated rings. The third-order valence-electron chi connectivity index (χ3n) is 14.5. The lowest BCUT2D eigenvalue weighted by molar-refractivity contribution is -0.167. The molecule has 418 valence electrons. The Morgan fingerprint density at radius 3 is 0.803 bits per heavy atom. The smallest absolute Gasteiger partial charge is 0.306 e. The first kappa shape index (κ1) is 68.9. The van der Waals surface area contributed by atoms with Crippen molar-refractivity contribution in [1.82, 2.24) is 0 Å². The average Bonchev–Trinajstić information content (AvgIpc) is 3.37. The summed E-state index contributed by atoms with van der Waals surface area (Å²) < 4.78 is 16.8. The summed E-state index contributed by atoms with van der Waals surface area (Å²) in [6, 6.07) is 0. The molecule has 0 aromatic heterocycles. The fourth-order valence-corrected chi connectivity index (χ4v) is 9.65. The van der Waals surface area contributed by atoms with Gasteiger partial charge < -0.3 is 14.2 Å². The van der Waals surface area contributed by atoms with E-state index in [1.165, 1.54) is 238 Å². The predicted octanol–water partition coefficient (Wildman–Crippen LogP) is 21.4. The molecule has 0 radical (unpaired) electrons. The van der Waals surface area contributed by atoms with Gasteiger partial charge in [-0.3, -0.25) is 14.4 Å². The van der Waals surface area contributed by atoms with Gasteiger partial charge in [-0.1, -0.05) is 308 Å². The molecule has 0 aromatic rings. The van der Waals surface area contributed by atoms with Gasteiger partial charge in [-0.25, -0.2) is 0 Å². The van der Waals surface area contributed by atoms with Crippen LogP contribution in [0.25, 0.3) is 0 Å². The lowest BCUT2D eigenvalue weighted by Crippen LogP contribution is -2.30. The summed E-state index contributed by atoms with van der Waals surface area (Å²) in [5, 5.41) is 0. The van der Waals surface area contributed by atoms with E-state index in [1.54, 1.807) is 0 Å². The quantitative estimate of drug-likeness (QED) is 0.0261. The van der Waals surface area contributed by atoms with Crippen LogP contribution in [0.5, 0.6) is 0 Å². The van der Waals surface area contributed by atoms with E-state index in [0.29, 0.717) is 19.3 Å². The molecule has 0 spiro atoms. The average molecular weight is 1000 g/mol. The molecule has 0 aliphatic heterocycles. The number of allylic oxidation sites excluding steroid dienone is 4. The Kier molecular flexibility index (Phi) is 58.6. The van der Waals surface area contributed by atoms with Gasteiger partial charge in [0.1, 0.15) is 13.2 Å². The molecule has 6 nitrogen and oxygen atoms in total. The van der Waals surface area contributed by atoms with Crippen molar-refractivity contribution in [1.29, 1.82) is 0 Å². The van der Waals surface area contributed by atoms with E-state index in [1.807, 2.05) is 0 Å². The first-order valence-electron chi connectivity index (χ1n) is 31.8. The molecule has 0 rings (SSSR count). The Balaban J connectivity index is 3.96. The van der Waals surface area contributed by atoms with Gasteiger partial charge in [-0.15, -0.1) is 0 Å². The number of unbranched alkanes of at least 4 members (excludes halogenated alkanes) is 44. The summed E-state index contributed by atoms with van der Waals surface area (Å²) >= 11 is 0. The molecular formula is C65H122O6. The Morgan fingerprint density at radius 2 is 0.507 bits per heavy atom. The van der Waals surface area contributed by atoms with Gasteiger partial charge >= 0.3 is 17.9 Å². The Hall–Kier alpha value is -2.11. The summed E-state index contributed by atoms with van der Waals surface area (Å²) in [5.41, 5.74) is 0. The van der Waals surface area contributed by atoms with Crippen LogP contribution in [0, 0.1) is 0 Å². The van der Waals surface area contributed by atoms with Gasteiger partial charge in [0.25, 0.3) is 0 Å². The molecule has 6 heteroatoms. The lowest BCUT2D eigenvalue weighted by Gasteiger charge is -2.18. The second kappa shape index (κ2) is 60.4. The maximum Gasteiger partial charge on any atom is 0.306 e. The second-order valence-electron chi connectivity index (χ2n) is 21.7. The van der Waals surface area contributed by atoms with Gasteiger partial charge in [0.15, 0.2) is 6.10 Å². The third-order valence-corrected chi connectivity index (χ3v) is 14.5. The topological polar surface area (TPSA) is 78.9 Å². The van der Waals surface area contributed by atoms with Gasteiger partial charge in [-0.2, -0.15) is 0 Å². The van der Waals surface area contributed by atoms with Crippen molar-refractivity contribution >= 4 is 17.9 Å². The summed E-state index contributed by atoms with van der Waals surface area (Å²) in [6.45, 7) is 6.61. The minimum Gasteiger partial charge on any atom is -0.462 e. The van der Waals surface area contributed by atoms with Crippen molar-refractivity contribution < 1.29 is 28.6 Å². The van der Waals surface area contributed by atoms with Crippen LogP contribution in [0.3, 0.4) is 0 Å². The molecule has 1 atom stereocenters. The highest BCUT2D eigenvalue weighted by atomic mass is 16.6. The summed E-state index contributed by atoms with van der Waals surface area (Å²) in [7, 11) is 0. The van der Waals surface area contributed by atoms with Gasteiger partial charge in [0, 0.05) is 19.3 Å². The van der Waals surface area contributed by atoms with Crippen LogP contribution in [0.2, 0.25) is 0 Å². The van der Waals surface area contributed by atoms with Gasteiger partial charge in [0.2, 0.25) is 0 Å². The fourth-order valence-electron chi connectivity index (χ4n) is 9.65. The van der Waals surface area contributed by atoms with Crippen molar-refractivity contribution in [2.45, 2.75) is 361 Å². The van der Waals surface area contributed by atoms with E-state index in [2.05, 4.69) is 45.1 Å². The van der Waals surface area contributed by atoms with Crippen LogP contribution in [0.15, 0.2) is 24.3 Å². The highest BCUT2D eigenvalue weighted by Gasteiger charge is 2.19. The number of carbonyl (C=O) groups is 3.